The highest BCUT2D eigenvalue weighted by molar-refractivity contribution is 5.18. The fourth-order valence-corrected chi connectivity index (χ4v) is 3.48. The van der Waals surface area contributed by atoms with E-state index in [1.807, 2.05) is 12.1 Å². The molecule has 0 aliphatic heterocycles. The highest BCUT2D eigenvalue weighted by Crippen LogP contribution is 2.32. The van der Waals surface area contributed by atoms with Crippen molar-refractivity contribution < 1.29 is 4.39 Å². The maximum atomic E-state index is 13.9. The number of hydrogen-bond donors (Lipinski definition) is 1. The van der Waals surface area contributed by atoms with Crippen molar-refractivity contribution >= 4 is 0 Å². The summed E-state index contributed by atoms with van der Waals surface area (Å²) in [6, 6.07) is 7.65. The smallest absolute Gasteiger partial charge is 0.126 e. The zero-order valence-corrected chi connectivity index (χ0v) is 12.9. The molecule has 1 aromatic carbocycles. The molecule has 2 rings (SSSR count). The zero-order valence-electron chi connectivity index (χ0n) is 12.9. The maximum Gasteiger partial charge on any atom is 0.126 e. The molecule has 1 aromatic rings. The Bertz CT molecular complexity index is 404. The Morgan fingerprint density at radius 1 is 1.30 bits per heavy atom. The SMILES string of the molecule is CCCNC(Cc1ccccc1F)C1CCCC(C)C1. The van der Waals surface area contributed by atoms with Crippen LogP contribution in [-0.2, 0) is 6.42 Å². The lowest BCUT2D eigenvalue weighted by Crippen LogP contribution is -2.40. The Kier molecular flexibility index (Phi) is 6.03. The van der Waals surface area contributed by atoms with Crippen LogP contribution in [0.1, 0.15) is 51.5 Å². The number of benzene rings is 1. The third-order valence-electron chi connectivity index (χ3n) is 4.60. The van der Waals surface area contributed by atoms with Crippen molar-refractivity contribution in [3.8, 4) is 0 Å². The molecular weight excluding hydrogens is 249 g/mol. The molecule has 2 heteroatoms. The van der Waals surface area contributed by atoms with Crippen molar-refractivity contribution in [3.63, 3.8) is 0 Å². The third kappa shape index (κ3) is 4.31. The first kappa shape index (κ1) is 15.5. The molecule has 1 saturated carbocycles. The van der Waals surface area contributed by atoms with Gasteiger partial charge in [0.05, 0.1) is 0 Å². The highest BCUT2D eigenvalue weighted by atomic mass is 19.1. The molecule has 1 aliphatic rings. The topological polar surface area (TPSA) is 12.0 Å². The molecule has 1 aliphatic carbocycles. The van der Waals surface area contributed by atoms with Gasteiger partial charge in [-0.15, -0.1) is 0 Å². The highest BCUT2D eigenvalue weighted by Gasteiger charge is 2.26. The van der Waals surface area contributed by atoms with Crippen LogP contribution in [0.25, 0.3) is 0 Å². The van der Waals surface area contributed by atoms with E-state index in [1.165, 1.54) is 25.7 Å². The number of halogens is 1. The monoisotopic (exact) mass is 277 g/mol. The van der Waals surface area contributed by atoms with E-state index in [-0.39, 0.29) is 5.82 Å². The predicted octanol–water partition coefficient (Wildman–Crippen LogP) is 4.56. The van der Waals surface area contributed by atoms with Crippen molar-refractivity contribution in [3.05, 3.63) is 35.6 Å². The minimum absolute atomic E-state index is 0.0559. The molecule has 3 unspecified atom stereocenters. The minimum Gasteiger partial charge on any atom is -0.313 e. The van der Waals surface area contributed by atoms with E-state index in [4.69, 9.17) is 0 Å². The van der Waals surface area contributed by atoms with Crippen LogP contribution in [0.4, 0.5) is 4.39 Å². The van der Waals surface area contributed by atoms with Gasteiger partial charge >= 0.3 is 0 Å². The van der Waals surface area contributed by atoms with Gasteiger partial charge in [0.15, 0.2) is 0 Å². The van der Waals surface area contributed by atoms with Crippen LogP contribution in [-0.4, -0.2) is 12.6 Å². The summed E-state index contributed by atoms with van der Waals surface area (Å²) in [7, 11) is 0. The Morgan fingerprint density at radius 2 is 2.10 bits per heavy atom. The number of rotatable bonds is 6. The zero-order chi connectivity index (χ0) is 14.4. The maximum absolute atomic E-state index is 13.9. The van der Waals surface area contributed by atoms with Gasteiger partial charge in [-0.05, 0) is 55.7 Å². The molecule has 1 fully saturated rings. The first-order valence-corrected chi connectivity index (χ1v) is 8.17. The van der Waals surface area contributed by atoms with Crippen LogP contribution in [0, 0.1) is 17.7 Å². The van der Waals surface area contributed by atoms with E-state index in [9.17, 15) is 4.39 Å². The fraction of sp³-hybridized carbons (Fsp3) is 0.667. The lowest BCUT2D eigenvalue weighted by atomic mass is 9.77. The molecule has 1 nitrogen and oxygen atoms in total. The minimum atomic E-state index is -0.0559. The van der Waals surface area contributed by atoms with Gasteiger partial charge in [-0.25, -0.2) is 4.39 Å². The van der Waals surface area contributed by atoms with Crippen molar-refractivity contribution in [2.75, 3.05) is 6.54 Å². The van der Waals surface area contributed by atoms with E-state index < -0.39 is 0 Å². The molecule has 0 radical (unpaired) electrons. The van der Waals surface area contributed by atoms with E-state index in [1.54, 1.807) is 12.1 Å². The lowest BCUT2D eigenvalue weighted by Gasteiger charge is -2.34. The Labute approximate surface area is 123 Å². The largest absolute Gasteiger partial charge is 0.313 e. The number of hydrogen-bond acceptors (Lipinski definition) is 1. The van der Waals surface area contributed by atoms with Crippen molar-refractivity contribution in [1.82, 2.24) is 5.32 Å². The van der Waals surface area contributed by atoms with E-state index in [0.29, 0.717) is 12.0 Å². The quantitative estimate of drug-likeness (QED) is 0.803. The summed E-state index contributed by atoms with van der Waals surface area (Å²) < 4.78 is 13.9. The van der Waals surface area contributed by atoms with Gasteiger partial charge in [0.1, 0.15) is 5.82 Å². The third-order valence-corrected chi connectivity index (χ3v) is 4.60. The van der Waals surface area contributed by atoms with Crippen LogP contribution in [0.3, 0.4) is 0 Å². The molecular formula is C18H28FN. The average Bonchev–Trinajstić information content (AvgIpc) is 2.45. The van der Waals surface area contributed by atoms with Crippen LogP contribution in [0.5, 0.6) is 0 Å². The molecule has 1 N–H and O–H groups in total. The molecule has 3 atom stereocenters. The van der Waals surface area contributed by atoms with Gasteiger partial charge in [-0.1, -0.05) is 44.9 Å². The van der Waals surface area contributed by atoms with Crippen molar-refractivity contribution in [1.29, 1.82) is 0 Å². The first-order chi connectivity index (χ1) is 9.70. The van der Waals surface area contributed by atoms with Crippen molar-refractivity contribution in [2.45, 2.75) is 58.4 Å². The normalized spacial score (nSPS) is 24.6. The van der Waals surface area contributed by atoms with Crippen LogP contribution in [0.15, 0.2) is 24.3 Å². The Morgan fingerprint density at radius 3 is 2.80 bits per heavy atom. The summed E-state index contributed by atoms with van der Waals surface area (Å²) in [6.45, 7) is 5.58. The summed E-state index contributed by atoms with van der Waals surface area (Å²) >= 11 is 0. The molecule has 0 heterocycles. The van der Waals surface area contributed by atoms with E-state index in [0.717, 1.165) is 30.9 Å². The average molecular weight is 277 g/mol. The fourth-order valence-electron chi connectivity index (χ4n) is 3.48. The summed E-state index contributed by atoms with van der Waals surface area (Å²) in [5.74, 6) is 1.46. The van der Waals surface area contributed by atoms with Crippen LogP contribution >= 0.6 is 0 Å². The second kappa shape index (κ2) is 7.78. The Hall–Kier alpha value is -0.890. The van der Waals surface area contributed by atoms with Gasteiger partial charge in [0.25, 0.3) is 0 Å². The molecule has 0 aromatic heterocycles. The van der Waals surface area contributed by atoms with Gasteiger partial charge in [0.2, 0.25) is 0 Å². The lowest BCUT2D eigenvalue weighted by molar-refractivity contribution is 0.220. The second-order valence-electron chi connectivity index (χ2n) is 6.39. The van der Waals surface area contributed by atoms with Gasteiger partial charge in [0, 0.05) is 6.04 Å². The second-order valence-corrected chi connectivity index (χ2v) is 6.39. The standard InChI is InChI=1S/C18H28FN/c1-3-11-20-18(16-9-6-7-14(2)12-16)13-15-8-4-5-10-17(15)19/h4-5,8,10,14,16,18,20H,3,6-7,9,11-13H2,1-2H3. The molecule has 112 valence electrons. The molecule has 0 saturated heterocycles. The van der Waals surface area contributed by atoms with Gasteiger partial charge in [-0.3, -0.25) is 0 Å². The molecule has 0 amide bonds. The molecule has 0 bridgehead atoms. The van der Waals surface area contributed by atoms with Gasteiger partial charge in [-0.2, -0.15) is 0 Å². The summed E-state index contributed by atoms with van der Waals surface area (Å²) in [4.78, 5) is 0. The first-order valence-electron chi connectivity index (χ1n) is 8.17. The molecule has 0 spiro atoms. The summed E-state index contributed by atoms with van der Waals surface area (Å²) in [5.41, 5.74) is 0.860. The van der Waals surface area contributed by atoms with E-state index >= 15 is 0 Å². The van der Waals surface area contributed by atoms with Crippen LogP contribution in [0.2, 0.25) is 0 Å². The van der Waals surface area contributed by atoms with Gasteiger partial charge < -0.3 is 5.32 Å². The molecule has 20 heavy (non-hydrogen) atoms. The summed E-state index contributed by atoms with van der Waals surface area (Å²) in [6.07, 6.45) is 7.22. The number of nitrogens with one attached hydrogen (secondary N) is 1. The van der Waals surface area contributed by atoms with Crippen LogP contribution < -0.4 is 5.32 Å². The van der Waals surface area contributed by atoms with Crippen molar-refractivity contribution in [2.24, 2.45) is 11.8 Å². The Balaban J connectivity index is 2.04. The van der Waals surface area contributed by atoms with E-state index in [2.05, 4.69) is 19.2 Å². The predicted molar refractivity (Wildman–Crippen MR) is 83.3 cm³/mol. The summed E-state index contributed by atoms with van der Waals surface area (Å²) in [5, 5.41) is 3.67.